The van der Waals surface area contributed by atoms with Crippen LogP contribution >= 0.6 is 0 Å². The predicted molar refractivity (Wildman–Crippen MR) is 77.6 cm³/mol. The van der Waals surface area contributed by atoms with Gasteiger partial charge in [-0.05, 0) is 32.1 Å². The molecular formula is C14H24N4O. The summed E-state index contributed by atoms with van der Waals surface area (Å²) >= 11 is 0. The molecule has 2 N–H and O–H groups in total. The third-order valence-electron chi connectivity index (χ3n) is 3.23. The van der Waals surface area contributed by atoms with E-state index in [1.165, 1.54) is 12.8 Å². The van der Waals surface area contributed by atoms with Gasteiger partial charge in [-0.25, -0.2) is 9.97 Å². The van der Waals surface area contributed by atoms with E-state index in [1.807, 2.05) is 0 Å². The Bertz CT molecular complexity index is 393. The zero-order valence-corrected chi connectivity index (χ0v) is 11.9. The first-order chi connectivity index (χ1) is 9.35. The highest BCUT2D eigenvalue weighted by molar-refractivity contribution is 5.57. The van der Waals surface area contributed by atoms with Crippen molar-refractivity contribution in [2.45, 2.75) is 33.1 Å². The second-order valence-electron chi connectivity index (χ2n) is 4.88. The van der Waals surface area contributed by atoms with Crippen LogP contribution in [0.25, 0.3) is 0 Å². The van der Waals surface area contributed by atoms with Crippen LogP contribution < -0.4 is 10.6 Å². The van der Waals surface area contributed by atoms with E-state index in [2.05, 4.69) is 34.4 Å². The normalized spacial score (nSPS) is 14.4. The van der Waals surface area contributed by atoms with Gasteiger partial charge in [0.25, 0.3) is 0 Å². The van der Waals surface area contributed by atoms with Crippen molar-refractivity contribution < 1.29 is 4.74 Å². The molecule has 0 radical (unpaired) electrons. The number of aromatic nitrogens is 2. The van der Waals surface area contributed by atoms with Crippen molar-refractivity contribution in [2.24, 2.45) is 5.92 Å². The summed E-state index contributed by atoms with van der Waals surface area (Å²) in [5, 5.41) is 6.61. The van der Waals surface area contributed by atoms with E-state index >= 15 is 0 Å². The Labute approximate surface area is 115 Å². The maximum absolute atomic E-state index is 5.61. The summed E-state index contributed by atoms with van der Waals surface area (Å²) in [6, 6.07) is 0. The summed E-state index contributed by atoms with van der Waals surface area (Å²) in [6.07, 6.45) is 5.19. The van der Waals surface area contributed by atoms with E-state index in [4.69, 9.17) is 4.74 Å². The standard InChI is InChI=1S/C14H24N4O/c1-3-12-13(15-4-2)17-10-18-14(12)16-7-8-19-9-11-5-6-11/h10-11H,3-9H2,1-2H3,(H2,15,16,17,18). The third kappa shape index (κ3) is 4.35. The minimum atomic E-state index is 0.736. The second kappa shape index (κ2) is 7.28. The van der Waals surface area contributed by atoms with Crippen LogP contribution in [0.4, 0.5) is 11.6 Å². The van der Waals surface area contributed by atoms with Gasteiger partial charge in [-0.1, -0.05) is 6.92 Å². The number of ether oxygens (including phenoxy) is 1. The van der Waals surface area contributed by atoms with Crippen LogP contribution in [-0.2, 0) is 11.2 Å². The number of hydrogen-bond donors (Lipinski definition) is 2. The van der Waals surface area contributed by atoms with Gasteiger partial charge in [-0.3, -0.25) is 0 Å². The Morgan fingerprint density at radius 1 is 1.21 bits per heavy atom. The summed E-state index contributed by atoms with van der Waals surface area (Å²) in [5.74, 6) is 2.68. The maximum Gasteiger partial charge on any atom is 0.134 e. The molecular weight excluding hydrogens is 240 g/mol. The summed E-state index contributed by atoms with van der Waals surface area (Å²) in [5.41, 5.74) is 1.14. The van der Waals surface area contributed by atoms with Crippen molar-refractivity contribution in [2.75, 3.05) is 36.9 Å². The Hall–Kier alpha value is -1.36. The monoisotopic (exact) mass is 264 g/mol. The van der Waals surface area contributed by atoms with Gasteiger partial charge >= 0.3 is 0 Å². The van der Waals surface area contributed by atoms with Crippen LogP contribution in [0.5, 0.6) is 0 Å². The lowest BCUT2D eigenvalue weighted by Gasteiger charge is -2.13. The van der Waals surface area contributed by atoms with E-state index < -0.39 is 0 Å². The third-order valence-corrected chi connectivity index (χ3v) is 3.23. The molecule has 1 aliphatic carbocycles. The average Bonchev–Trinajstić information content (AvgIpc) is 3.23. The average molecular weight is 264 g/mol. The van der Waals surface area contributed by atoms with Gasteiger partial charge in [0.2, 0.25) is 0 Å². The van der Waals surface area contributed by atoms with Crippen molar-refractivity contribution in [3.63, 3.8) is 0 Å². The predicted octanol–water partition coefficient (Wildman–Crippen LogP) is 2.31. The molecule has 1 heterocycles. The van der Waals surface area contributed by atoms with Gasteiger partial charge in [0.1, 0.15) is 18.0 Å². The van der Waals surface area contributed by atoms with Crippen molar-refractivity contribution in [3.8, 4) is 0 Å². The Morgan fingerprint density at radius 2 is 1.95 bits per heavy atom. The highest BCUT2D eigenvalue weighted by Crippen LogP contribution is 2.28. The minimum absolute atomic E-state index is 0.736. The van der Waals surface area contributed by atoms with E-state index in [-0.39, 0.29) is 0 Å². The van der Waals surface area contributed by atoms with Crippen molar-refractivity contribution in [1.82, 2.24) is 9.97 Å². The SMILES string of the molecule is CCNc1ncnc(NCCOCC2CC2)c1CC. The number of nitrogens with zero attached hydrogens (tertiary/aromatic N) is 2. The zero-order chi connectivity index (χ0) is 13.5. The molecule has 5 nitrogen and oxygen atoms in total. The highest BCUT2D eigenvalue weighted by atomic mass is 16.5. The molecule has 0 saturated heterocycles. The molecule has 1 aromatic heterocycles. The summed E-state index contributed by atoms with van der Waals surface area (Å²) in [4.78, 5) is 8.60. The Balaban J connectivity index is 1.81. The van der Waals surface area contributed by atoms with Gasteiger partial charge in [0.05, 0.1) is 6.61 Å². The van der Waals surface area contributed by atoms with Gasteiger partial charge in [-0.15, -0.1) is 0 Å². The lowest BCUT2D eigenvalue weighted by Crippen LogP contribution is -2.14. The first kappa shape index (κ1) is 14.1. The largest absolute Gasteiger partial charge is 0.379 e. The van der Waals surface area contributed by atoms with Crippen molar-refractivity contribution in [3.05, 3.63) is 11.9 Å². The molecule has 0 amide bonds. The number of hydrogen-bond acceptors (Lipinski definition) is 5. The Morgan fingerprint density at radius 3 is 2.58 bits per heavy atom. The molecule has 0 atom stereocenters. The fourth-order valence-corrected chi connectivity index (χ4v) is 2.00. The molecule has 1 aliphatic rings. The fourth-order valence-electron chi connectivity index (χ4n) is 2.00. The molecule has 1 fully saturated rings. The van der Waals surface area contributed by atoms with E-state index in [0.29, 0.717) is 0 Å². The molecule has 0 aromatic carbocycles. The lowest BCUT2D eigenvalue weighted by molar-refractivity contribution is 0.134. The summed E-state index contributed by atoms with van der Waals surface area (Å²) in [6.45, 7) is 7.50. The summed E-state index contributed by atoms with van der Waals surface area (Å²) < 4.78 is 5.61. The van der Waals surface area contributed by atoms with Gasteiger partial charge in [-0.2, -0.15) is 0 Å². The number of nitrogens with one attached hydrogen (secondary N) is 2. The van der Waals surface area contributed by atoms with E-state index in [9.17, 15) is 0 Å². The molecule has 5 heteroatoms. The van der Waals surface area contributed by atoms with Crippen molar-refractivity contribution >= 4 is 11.6 Å². The number of rotatable bonds is 9. The molecule has 0 aliphatic heterocycles. The van der Waals surface area contributed by atoms with Crippen molar-refractivity contribution in [1.29, 1.82) is 0 Å². The fraction of sp³-hybridized carbons (Fsp3) is 0.714. The molecule has 1 aromatic rings. The lowest BCUT2D eigenvalue weighted by atomic mass is 10.2. The first-order valence-corrected chi connectivity index (χ1v) is 7.24. The quantitative estimate of drug-likeness (QED) is 0.670. The molecule has 2 rings (SSSR count). The van der Waals surface area contributed by atoms with E-state index in [0.717, 1.165) is 55.8 Å². The molecule has 1 saturated carbocycles. The van der Waals surface area contributed by atoms with Crippen LogP contribution in [-0.4, -0.2) is 36.3 Å². The molecule has 0 bridgehead atoms. The van der Waals surface area contributed by atoms with Crippen LogP contribution in [0.3, 0.4) is 0 Å². The van der Waals surface area contributed by atoms with Gasteiger partial charge < -0.3 is 15.4 Å². The van der Waals surface area contributed by atoms with Gasteiger partial charge in [0.15, 0.2) is 0 Å². The van der Waals surface area contributed by atoms with Crippen LogP contribution in [0.2, 0.25) is 0 Å². The second-order valence-corrected chi connectivity index (χ2v) is 4.88. The topological polar surface area (TPSA) is 59.1 Å². The smallest absolute Gasteiger partial charge is 0.134 e. The van der Waals surface area contributed by atoms with Crippen LogP contribution in [0.1, 0.15) is 32.3 Å². The van der Waals surface area contributed by atoms with Crippen LogP contribution in [0.15, 0.2) is 6.33 Å². The number of anilines is 2. The minimum Gasteiger partial charge on any atom is -0.379 e. The maximum atomic E-state index is 5.61. The van der Waals surface area contributed by atoms with Gasteiger partial charge in [0, 0.05) is 25.3 Å². The zero-order valence-electron chi connectivity index (χ0n) is 11.9. The first-order valence-electron chi connectivity index (χ1n) is 7.24. The summed E-state index contributed by atoms with van der Waals surface area (Å²) in [7, 11) is 0. The van der Waals surface area contributed by atoms with E-state index in [1.54, 1.807) is 6.33 Å². The highest BCUT2D eigenvalue weighted by Gasteiger charge is 2.20. The van der Waals surface area contributed by atoms with Crippen LogP contribution in [0, 0.1) is 5.92 Å². The molecule has 106 valence electrons. The molecule has 19 heavy (non-hydrogen) atoms. The molecule has 0 unspecified atom stereocenters. The molecule has 0 spiro atoms. The Kier molecular flexibility index (Phi) is 5.39.